The minimum atomic E-state index is -3.78. The van der Waals surface area contributed by atoms with Crippen molar-refractivity contribution in [1.82, 2.24) is 4.72 Å². The molecule has 1 aromatic carbocycles. The summed E-state index contributed by atoms with van der Waals surface area (Å²) in [5, 5.41) is 0. The van der Waals surface area contributed by atoms with Gasteiger partial charge in [0.1, 0.15) is 10.7 Å². The van der Waals surface area contributed by atoms with Crippen LogP contribution in [-0.2, 0) is 10.0 Å². The van der Waals surface area contributed by atoms with Gasteiger partial charge in [0.05, 0.1) is 5.69 Å². The van der Waals surface area contributed by atoms with Crippen molar-refractivity contribution < 1.29 is 12.8 Å². The lowest BCUT2D eigenvalue weighted by molar-refractivity contribution is 0.227. The number of hydrogen-bond acceptors (Lipinski definition) is 3. The van der Waals surface area contributed by atoms with Crippen LogP contribution in [0, 0.1) is 17.7 Å². The van der Waals surface area contributed by atoms with Crippen LogP contribution in [0.15, 0.2) is 23.1 Å². The summed E-state index contributed by atoms with van der Waals surface area (Å²) in [4.78, 5) is -0.178. The molecule has 0 radical (unpaired) electrons. The Morgan fingerprint density at radius 1 is 1.30 bits per heavy atom. The second-order valence-corrected chi connectivity index (χ2v) is 7.36. The minimum Gasteiger partial charge on any atom is -0.398 e. The van der Waals surface area contributed by atoms with Gasteiger partial charge in [-0.3, -0.25) is 0 Å². The van der Waals surface area contributed by atoms with E-state index in [1.54, 1.807) is 0 Å². The van der Waals surface area contributed by atoms with Crippen LogP contribution in [0.4, 0.5) is 10.1 Å². The first-order valence-corrected chi connectivity index (χ1v) is 8.37. The summed E-state index contributed by atoms with van der Waals surface area (Å²) in [6, 6.07) is 3.27. The van der Waals surface area contributed by atoms with Crippen LogP contribution < -0.4 is 10.5 Å². The van der Waals surface area contributed by atoms with Gasteiger partial charge in [0.2, 0.25) is 10.0 Å². The predicted molar refractivity (Wildman–Crippen MR) is 77.1 cm³/mol. The van der Waals surface area contributed by atoms with E-state index in [2.05, 4.69) is 11.6 Å². The van der Waals surface area contributed by atoms with Crippen LogP contribution in [0.5, 0.6) is 0 Å². The molecule has 4 nitrogen and oxygen atoms in total. The second kappa shape index (κ2) is 5.69. The van der Waals surface area contributed by atoms with Gasteiger partial charge in [0, 0.05) is 6.04 Å². The van der Waals surface area contributed by atoms with Crippen LogP contribution in [0.3, 0.4) is 0 Å². The van der Waals surface area contributed by atoms with Gasteiger partial charge in [-0.25, -0.2) is 17.5 Å². The number of nitrogen functional groups attached to an aromatic ring is 1. The van der Waals surface area contributed by atoms with E-state index in [-0.39, 0.29) is 22.5 Å². The molecule has 2 rings (SSSR count). The van der Waals surface area contributed by atoms with Crippen molar-refractivity contribution >= 4 is 15.7 Å². The zero-order valence-electron chi connectivity index (χ0n) is 11.8. The molecular formula is C14H21FN2O2S. The van der Waals surface area contributed by atoms with Crippen LogP contribution in [-0.4, -0.2) is 14.5 Å². The van der Waals surface area contributed by atoms with Gasteiger partial charge in [-0.1, -0.05) is 26.7 Å². The van der Waals surface area contributed by atoms with Crippen LogP contribution in [0.2, 0.25) is 0 Å². The van der Waals surface area contributed by atoms with Crippen molar-refractivity contribution in [3.63, 3.8) is 0 Å². The van der Waals surface area contributed by atoms with Gasteiger partial charge in [-0.05, 0) is 36.5 Å². The maximum Gasteiger partial charge on any atom is 0.242 e. The van der Waals surface area contributed by atoms with E-state index in [0.717, 1.165) is 31.4 Å². The Balaban J connectivity index is 2.25. The van der Waals surface area contributed by atoms with Gasteiger partial charge in [0.15, 0.2) is 0 Å². The maximum absolute atomic E-state index is 13.2. The lowest BCUT2D eigenvalue weighted by atomic mass is 9.78. The van der Waals surface area contributed by atoms with E-state index in [9.17, 15) is 12.8 Å². The molecule has 1 aromatic rings. The summed E-state index contributed by atoms with van der Waals surface area (Å²) >= 11 is 0. The largest absolute Gasteiger partial charge is 0.398 e. The predicted octanol–water partition coefficient (Wildman–Crippen LogP) is 2.51. The first-order valence-electron chi connectivity index (χ1n) is 6.88. The molecule has 1 aliphatic carbocycles. The third-order valence-corrected chi connectivity index (χ3v) is 5.82. The smallest absolute Gasteiger partial charge is 0.242 e. The lowest BCUT2D eigenvalue weighted by Gasteiger charge is -2.34. The highest BCUT2D eigenvalue weighted by Gasteiger charge is 2.31. The van der Waals surface area contributed by atoms with Gasteiger partial charge >= 0.3 is 0 Å². The van der Waals surface area contributed by atoms with E-state index >= 15 is 0 Å². The average Bonchev–Trinajstić information content (AvgIpc) is 2.37. The van der Waals surface area contributed by atoms with E-state index < -0.39 is 15.8 Å². The molecule has 0 amide bonds. The quantitative estimate of drug-likeness (QED) is 0.843. The molecule has 0 bridgehead atoms. The summed E-state index contributed by atoms with van der Waals surface area (Å²) in [5.41, 5.74) is 5.72. The minimum absolute atomic E-state index is 0.0652. The molecule has 0 spiro atoms. The topological polar surface area (TPSA) is 72.2 Å². The molecule has 0 heterocycles. The summed E-state index contributed by atoms with van der Waals surface area (Å²) in [6.07, 6.45) is 2.92. The molecule has 6 heteroatoms. The van der Waals surface area contributed by atoms with E-state index in [1.165, 1.54) is 6.07 Å². The Morgan fingerprint density at radius 3 is 2.70 bits per heavy atom. The normalized spacial score (nSPS) is 27.4. The van der Waals surface area contributed by atoms with Crippen LogP contribution >= 0.6 is 0 Å². The number of halogens is 1. The number of rotatable bonds is 3. The van der Waals surface area contributed by atoms with Crippen LogP contribution in [0.1, 0.15) is 33.1 Å². The molecule has 0 aliphatic heterocycles. The van der Waals surface area contributed by atoms with Gasteiger partial charge in [-0.15, -0.1) is 0 Å². The Kier molecular flexibility index (Phi) is 4.34. The van der Waals surface area contributed by atoms with Crippen molar-refractivity contribution in [1.29, 1.82) is 0 Å². The monoisotopic (exact) mass is 300 g/mol. The summed E-state index contributed by atoms with van der Waals surface area (Å²) in [7, 11) is -3.78. The molecule has 0 aromatic heterocycles. The summed E-state index contributed by atoms with van der Waals surface area (Å²) in [5.74, 6) is 0.124. The third kappa shape index (κ3) is 3.12. The number of anilines is 1. The van der Waals surface area contributed by atoms with Crippen molar-refractivity contribution in [3.8, 4) is 0 Å². The Labute approximate surface area is 119 Å². The van der Waals surface area contributed by atoms with Crippen molar-refractivity contribution in [2.45, 2.75) is 44.0 Å². The number of nitrogens with one attached hydrogen (secondary N) is 1. The third-order valence-electron chi connectivity index (χ3n) is 4.28. The Bertz CT molecular complexity index is 589. The van der Waals surface area contributed by atoms with Gasteiger partial charge in [0.25, 0.3) is 0 Å². The second-order valence-electron chi connectivity index (χ2n) is 5.68. The van der Waals surface area contributed by atoms with E-state index in [4.69, 9.17) is 5.73 Å². The SMILES string of the molecule is CC1CCCC(NS(=O)(=O)c2cc(F)ccc2N)C1C. The fourth-order valence-corrected chi connectivity index (χ4v) is 4.26. The molecular weight excluding hydrogens is 279 g/mol. The zero-order chi connectivity index (χ0) is 14.9. The highest BCUT2D eigenvalue weighted by molar-refractivity contribution is 7.89. The number of benzene rings is 1. The summed E-state index contributed by atoms with van der Waals surface area (Å²) in [6.45, 7) is 4.17. The average molecular weight is 300 g/mol. The molecule has 3 atom stereocenters. The van der Waals surface area contributed by atoms with Gasteiger partial charge in [-0.2, -0.15) is 0 Å². The molecule has 1 fully saturated rings. The molecule has 112 valence electrons. The Morgan fingerprint density at radius 2 is 2.00 bits per heavy atom. The summed E-state index contributed by atoms with van der Waals surface area (Å²) < 4.78 is 40.7. The first kappa shape index (κ1) is 15.3. The van der Waals surface area contributed by atoms with Gasteiger partial charge < -0.3 is 5.73 Å². The van der Waals surface area contributed by atoms with Crippen molar-refractivity contribution in [2.75, 3.05) is 5.73 Å². The maximum atomic E-state index is 13.2. The standard InChI is InChI=1S/C14H21FN2O2S/c1-9-4-3-5-13(10(9)2)17-20(18,19)14-8-11(15)6-7-12(14)16/h6-10,13,17H,3-5,16H2,1-2H3. The number of sulfonamides is 1. The fraction of sp³-hybridized carbons (Fsp3) is 0.571. The fourth-order valence-electron chi connectivity index (χ4n) is 2.75. The number of nitrogens with two attached hydrogens (primary N) is 1. The van der Waals surface area contributed by atoms with E-state index in [1.807, 2.05) is 6.92 Å². The van der Waals surface area contributed by atoms with Crippen molar-refractivity contribution in [3.05, 3.63) is 24.0 Å². The molecule has 1 saturated carbocycles. The lowest BCUT2D eigenvalue weighted by Crippen LogP contribution is -2.43. The Hall–Kier alpha value is -1.14. The zero-order valence-corrected chi connectivity index (χ0v) is 12.6. The molecule has 3 unspecified atom stereocenters. The van der Waals surface area contributed by atoms with Crippen LogP contribution in [0.25, 0.3) is 0 Å². The number of hydrogen-bond donors (Lipinski definition) is 2. The van der Waals surface area contributed by atoms with Crippen molar-refractivity contribution in [2.24, 2.45) is 11.8 Å². The molecule has 1 aliphatic rings. The molecule has 20 heavy (non-hydrogen) atoms. The first-order chi connectivity index (χ1) is 9.31. The molecule has 3 N–H and O–H groups in total. The molecule has 0 saturated heterocycles. The van der Waals surface area contributed by atoms with E-state index in [0.29, 0.717) is 5.92 Å². The highest BCUT2D eigenvalue weighted by atomic mass is 32.2. The highest BCUT2D eigenvalue weighted by Crippen LogP contribution is 2.31.